The third kappa shape index (κ3) is 3.65. The largest absolute Gasteiger partial charge is 0.390 e. The quantitative estimate of drug-likeness (QED) is 0.767. The molecule has 1 atom stereocenters. The molecule has 0 aliphatic carbocycles. The van der Waals surface area contributed by atoms with E-state index >= 15 is 0 Å². The maximum atomic E-state index is 12.5. The Morgan fingerprint density at radius 3 is 3.09 bits per heavy atom. The predicted molar refractivity (Wildman–Crippen MR) is 90.7 cm³/mol. The van der Waals surface area contributed by atoms with Crippen molar-refractivity contribution in [1.82, 2.24) is 9.88 Å². The normalized spacial score (nSPS) is 16.5. The summed E-state index contributed by atoms with van der Waals surface area (Å²) >= 11 is 1.44. The van der Waals surface area contributed by atoms with Gasteiger partial charge in [-0.3, -0.25) is 9.78 Å². The molecule has 3 rings (SSSR count). The van der Waals surface area contributed by atoms with Crippen molar-refractivity contribution in [1.29, 1.82) is 0 Å². The molecule has 0 fully saturated rings. The van der Waals surface area contributed by atoms with Crippen LogP contribution in [0.5, 0.6) is 0 Å². The maximum Gasteiger partial charge on any atom is 0.264 e. The van der Waals surface area contributed by atoms with Gasteiger partial charge in [0.2, 0.25) is 0 Å². The summed E-state index contributed by atoms with van der Waals surface area (Å²) in [6, 6.07) is 7.53. The molecule has 3 heterocycles. The first-order valence-corrected chi connectivity index (χ1v) is 8.22. The summed E-state index contributed by atoms with van der Waals surface area (Å²) in [6.07, 6.45) is 5.74. The van der Waals surface area contributed by atoms with Crippen LogP contribution in [-0.2, 0) is 4.84 Å². The molecule has 118 valence electrons. The molecule has 6 heteroatoms. The van der Waals surface area contributed by atoms with Gasteiger partial charge < -0.3 is 9.74 Å². The Morgan fingerprint density at radius 2 is 2.39 bits per heavy atom. The van der Waals surface area contributed by atoms with Crippen molar-refractivity contribution >= 4 is 23.0 Å². The number of carbonyl (C=O) groups excluding carboxylic acids is 1. The summed E-state index contributed by atoms with van der Waals surface area (Å²) in [7, 11) is 0. The summed E-state index contributed by atoms with van der Waals surface area (Å²) in [5, 5.41) is 6.04. The molecular formula is C17H17N3O2S. The van der Waals surface area contributed by atoms with Crippen LogP contribution in [0.2, 0.25) is 0 Å². The van der Waals surface area contributed by atoms with Gasteiger partial charge in [0.25, 0.3) is 5.91 Å². The van der Waals surface area contributed by atoms with Crippen molar-refractivity contribution in [3.05, 3.63) is 65.1 Å². The lowest BCUT2D eigenvalue weighted by Gasteiger charge is -2.22. The lowest BCUT2D eigenvalue weighted by molar-refractivity contribution is 0.0452. The molecule has 0 unspecified atom stereocenters. The summed E-state index contributed by atoms with van der Waals surface area (Å²) < 4.78 is 0. The first kappa shape index (κ1) is 15.4. The van der Waals surface area contributed by atoms with E-state index < -0.39 is 0 Å². The fraction of sp³-hybridized carbons (Fsp3) is 0.235. The predicted octanol–water partition coefficient (Wildman–Crippen LogP) is 2.96. The summed E-state index contributed by atoms with van der Waals surface area (Å²) in [6.45, 7) is 4.70. The monoisotopic (exact) mass is 327 g/mol. The van der Waals surface area contributed by atoms with Crippen LogP contribution in [0.15, 0.2) is 59.8 Å². The Hall–Kier alpha value is -2.47. The smallest absolute Gasteiger partial charge is 0.264 e. The molecule has 1 aliphatic rings. The first-order valence-electron chi connectivity index (χ1n) is 7.34. The van der Waals surface area contributed by atoms with Gasteiger partial charge in [-0.15, -0.1) is 17.9 Å². The second kappa shape index (κ2) is 7.19. The number of nitrogens with zero attached hydrogens (tertiary/aromatic N) is 3. The second-order valence-electron chi connectivity index (χ2n) is 5.19. The molecule has 1 amide bonds. The highest BCUT2D eigenvalue weighted by atomic mass is 32.1. The SMILES string of the molecule is C=CCN(C[C@@H]1CC(c2cccnc2)=NO1)C(=O)c1cccs1. The summed E-state index contributed by atoms with van der Waals surface area (Å²) in [5.74, 6) is -0.00155. The van der Waals surface area contributed by atoms with Crippen LogP contribution in [0.1, 0.15) is 21.7 Å². The van der Waals surface area contributed by atoms with Crippen molar-refractivity contribution in [2.75, 3.05) is 13.1 Å². The van der Waals surface area contributed by atoms with Gasteiger partial charge in [-0.05, 0) is 23.6 Å². The van der Waals surface area contributed by atoms with E-state index in [-0.39, 0.29) is 12.0 Å². The minimum atomic E-state index is -0.144. The Balaban J connectivity index is 1.64. The van der Waals surface area contributed by atoms with Gasteiger partial charge in [-0.25, -0.2) is 0 Å². The number of thiophene rings is 1. The summed E-state index contributed by atoms with van der Waals surface area (Å²) in [5.41, 5.74) is 1.82. The van der Waals surface area contributed by atoms with E-state index in [1.807, 2.05) is 29.6 Å². The van der Waals surface area contributed by atoms with Crippen LogP contribution in [0.3, 0.4) is 0 Å². The van der Waals surface area contributed by atoms with E-state index in [0.717, 1.165) is 16.2 Å². The molecule has 2 aromatic rings. The number of hydrogen-bond donors (Lipinski definition) is 0. The zero-order chi connectivity index (χ0) is 16.1. The number of carbonyl (C=O) groups is 1. The van der Waals surface area contributed by atoms with Crippen molar-refractivity contribution in [3.63, 3.8) is 0 Å². The highest BCUT2D eigenvalue weighted by Crippen LogP contribution is 2.19. The lowest BCUT2D eigenvalue weighted by atomic mass is 10.1. The fourth-order valence-electron chi connectivity index (χ4n) is 2.43. The number of hydrogen-bond acceptors (Lipinski definition) is 5. The van der Waals surface area contributed by atoms with Crippen molar-refractivity contribution < 1.29 is 9.63 Å². The number of oxime groups is 1. The molecular weight excluding hydrogens is 310 g/mol. The minimum Gasteiger partial charge on any atom is -0.390 e. The van der Waals surface area contributed by atoms with Gasteiger partial charge in [0, 0.05) is 30.9 Å². The van der Waals surface area contributed by atoms with Gasteiger partial charge >= 0.3 is 0 Å². The zero-order valence-electron chi connectivity index (χ0n) is 12.6. The van der Waals surface area contributed by atoms with Crippen LogP contribution >= 0.6 is 11.3 Å². The number of amides is 1. The highest BCUT2D eigenvalue weighted by molar-refractivity contribution is 7.12. The summed E-state index contributed by atoms with van der Waals surface area (Å²) in [4.78, 5) is 24.6. The van der Waals surface area contributed by atoms with Gasteiger partial charge in [-0.2, -0.15) is 0 Å². The molecule has 0 saturated heterocycles. The van der Waals surface area contributed by atoms with E-state index in [1.165, 1.54) is 11.3 Å². The number of aromatic nitrogens is 1. The average Bonchev–Trinajstić information content (AvgIpc) is 3.26. The Morgan fingerprint density at radius 1 is 1.48 bits per heavy atom. The molecule has 23 heavy (non-hydrogen) atoms. The molecule has 0 saturated carbocycles. The Kier molecular flexibility index (Phi) is 4.83. The minimum absolute atomic E-state index is 0.00155. The van der Waals surface area contributed by atoms with E-state index in [1.54, 1.807) is 23.4 Å². The van der Waals surface area contributed by atoms with Gasteiger partial charge in [0.05, 0.1) is 17.1 Å². The molecule has 0 radical (unpaired) electrons. The lowest BCUT2D eigenvalue weighted by Crippen LogP contribution is -2.37. The first-order chi connectivity index (χ1) is 11.3. The van der Waals surface area contributed by atoms with Crippen LogP contribution in [-0.4, -0.2) is 40.7 Å². The molecule has 0 aromatic carbocycles. The Bertz CT molecular complexity index is 698. The standard InChI is InChI=1S/C17H17N3O2S/c1-2-8-20(17(21)16-6-4-9-23-16)12-14-10-15(19-22-14)13-5-3-7-18-11-13/h2-7,9,11,14H,1,8,10,12H2/t14-/m0/s1. The van der Waals surface area contributed by atoms with E-state index in [2.05, 4.69) is 16.7 Å². The molecule has 0 N–H and O–H groups in total. The number of pyridine rings is 1. The topological polar surface area (TPSA) is 54.8 Å². The third-order valence-electron chi connectivity index (χ3n) is 3.52. The molecule has 5 nitrogen and oxygen atoms in total. The highest BCUT2D eigenvalue weighted by Gasteiger charge is 2.27. The van der Waals surface area contributed by atoms with Crippen LogP contribution in [0.25, 0.3) is 0 Å². The molecule has 0 spiro atoms. The van der Waals surface area contributed by atoms with E-state index in [4.69, 9.17) is 4.84 Å². The fourth-order valence-corrected chi connectivity index (χ4v) is 3.12. The number of rotatable bonds is 6. The van der Waals surface area contributed by atoms with Crippen LogP contribution in [0, 0.1) is 0 Å². The van der Waals surface area contributed by atoms with Gasteiger partial charge in [-0.1, -0.05) is 17.3 Å². The zero-order valence-corrected chi connectivity index (χ0v) is 13.4. The van der Waals surface area contributed by atoms with Crippen molar-refractivity contribution in [2.24, 2.45) is 5.16 Å². The average molecular weight is 327 g/mol. The maximum absolute atomic E-state index is 12.5. The van der Waals surface area contributed by atoms with Gasteiger partial charge in [0.15, 0.2) is 6.10 Å². The molecule has 2 aromatic heterocycles. The molecule has 0 bridgehead atoms. The Labute approximate surface area is 138 Å². The van der Waals surface area contributed by atoms with E-state index in [9.17, 15) is 4.79 Å². The van der Waals surface area contributed by atoms with Crippen LogP contribution < -0.4 is 0 Å². The third-order valence-corrected chi connectivity index (χ3v) is 4.38. The van der Waals surface area contributed by atoms with Gasteiger partial charge in [0.1, 0.15) is 0 Å². The van der Waals surface area contributed by atoms with Crippen molar-refractivity contribution in [2.45, 2.75) is 12.5 Å². The molecule has 1 aliphatic heterocycles. The van der Waals surface area contributed by atoms with E-state index in [0.29, 0.717) is 19.5 Å². The second-order valence-corrected chi connectivity index (χ2v) is 6.14. The van der Waals surface area contributed by atoms with Crippen LogP contribution in [0.4, 0.5) is 0 Å². The van der Waals surface area contributed by atoms with Crippen molar-refractivity contribution in [3.8, 4) is 0 Å².